The molecule has 1 unspecified atom stereocenters. The molecule has 0 N–H and O–H groups in total. The molecule has 0 aliphatic rings. The maximum Gasteiger partial charge on any atom is 0.0177 e. The summed E-state index contributed by atoms with van der Waals surface area (Å²) in [6.45, 7) is 4.16. The van der Waals surface area contributed by atoms with Gasteiger partial charge in [-0.1, -0.05) is 36.4 Å². The Labute approximate surface area is 102 Å². The van der Waals surface area contributed by atoms with Crippen LogP contribution in [0.1, 0.15) is 13.8 Å². The maximum absolute atomic E-state index is 4.42. The quantitative estimate of drug-likeness (QED) is 0.713. The fourth-order valence-corrected chi connectivity index (χ4v) is 2.09. The van der Waals surface area contributed by atoms with Gasteiger partial charge in [0.2, 0.25) is 0 Å². The first kappa shape index (κ1) is 11.3. The Morgan fingerprint density at radius 3 is 2.12 bits per heavy atom. The van der Waals surface area contributed by atoms with Gasteiger partial charge in [0.05, 0.1) is 0 Å². The first-order valence-electron chi connectivity index (χ1n) is 5.56. The average molecular weight is 228 g/mol. The molecule has 0 heterocycles. The van der Waals surface area contributed by atoms with Crippen LogP contribution in [0.2, 0.25) is 0 Å². The van der Waals surface area contributed by atoms with Crippen LogP contribution in [0.15, 0.2) is 36.4 Å². The van der Waals surface area contributed by atoms with Crippen molar-refractivity contribution >= 4 is 35.6 Å². The molecular formula is C15H16S. The van der Waals surface area contributed by atoms with Crippen LogP contribution in [0.25, 0.3) is 22.9 Å². The van der Waals surface area contributed by atoms with Crippen molar-refractivity contribution in [2.24, 2.45) is 0 Å². The summed E-state index contributed by atoms with van der Waals surface area (Å²) >= 11 is 4.42. The zero-order valence-corrected chi connectivity index (χ0v) is 10.5. The number of hydrogen-bond donors (Lipinski definition) is 1. The number of hydrogen-bond acceptors (Lipinski definition) is 1. The molecule has 0 aliphatic heterocycles. The van der Waals surface area contributed by atoms with Crippen LogP contribution >= 0.6 is 12.6 Å². The molecule has 0 bridgehead atoms. The molecule has 1 atom stereocenters. The molecule has 2 rings (SSSR count). The Balaban J connectivity index is 2.84. The number of benzene rings is 2. The summed E-state index contributed by atoms with van der Waals surface area (Å²) in [5.74, 6) is 0. The van der Waals surface area contributed by atoms with E-state index in [1.54, 1.807) is 0 Å². The van der Waals surface area contributed by atoms with Gasteiger partial charge < -0.3 is 0 Å². The van der Waals surface area contributed by atoms with Gasteiger partial charge >= 0.3 is 0 Å². The summed E-state index contributed by atoms with van der Waals surface area (Å²) in [5.41, 5.74) is 0. The highest BCUT2D eigenvalue weighted by atomic mass is 32.1. The molecule has 0 aliphatic carbocycles. The second kappa shape index (κ2) is 4.75. The normalized spacial score (nSPS) is 15.7. The van der Waals surface area contributed by atoms with E-state index in [2.05, 4.69) is 75.0 Å². The standard InChI is InChI=1S/C15H16S/c1-3-12-9-13-6-4-5-7-14(13)10-15(12)8-11(2)16/h3-11,16H,1-2H3/b12-3-,15-8-. The lowest BCUT2D eigenvalue weighted by Gasteiger charge is -2.00. The summed E-state index contributed by atoms with van der Waals surface area (Å²) in [6.07, 6.45) is 4.33. The largest absolute Gasteiger partial charge is 0.172 e. The topological polar surface area (TPSA) is 0 Å². The van der Waals surface area contributed by atoms with Gasteiger partial charge in [0.1, 0.15) is 0 Å². The molecule has 0 nitrogen and oxygen atoms in total. The monoisotopic (exact) mass is 228 g/mol. The van der Waals surface area contributed by atoms with Gasteiger partial charge in [-0.05, 0) is 47.2 Å². The summed E-state index contributed by atoms with van der Waals surface area (Å²) in [7, 11) is 0. The van der Waals surface area contributed by atoms with E-state index >= 15 is 0 Å². The van der Waals surface area contributed by atoms with E-state index in [1.807, 2.05) is 0 Å². The molecule has 0 radical (unpaired) electrons. The Kier molecular flexibility index (Phi) is 3.35. The molecular weight excluding hydrogens is 212 g/mol. The smallest absolute Gasteiger partial charge is 0.0177 e. The van der Waals surface area contributed by atoms with E-state index in [-0.39, 0.29) is 5.25 Å². The molecule has 0 fully saturated rings. The van der Waals surface area contributed by atoms with Crippen molar-refractivity contribution < 1.29 is 0 Å². The minimum Gasteiger partial charge on any atom is -0.172 e. The molecule has 0 aromatic heterocycles. The van der Waals surface area contributed by atoms with Crippen molar-refractivity contribution in [1.29, 1.82) is 0 Å². The molecule has 0 amide bonds. The number of fused-ring (bicyclic) bond motifs is 1. The molecule has 2 aromatic rings. The third kappa shape index (κ3) is 2.30. The SMILES string of the molecule is C/C=c1/cc2ccccc2c/c1=C/C(C)S. The number of rotatable bonds is 1. The summed E-state index contributed by atoms with van der Waals surface area (Å²) in [5, 5.41) is 5.40. The van der Waals surface area contributed by atoms with Gasteiger partial charge in [0, 0.05) is 5.25 Å². The summed E-state index contributed by atoms with van der Waals surface area (Å²) < 4.78 is 0. The third-order valence-corrected chi connectivity index (χ3v) is 2.83. The molecule has 2 aromatic carbocycles. The predicted molar refractivity (Wildman–Crippen MR) is 76.3 cm³/mol. The van der Waals surface area contributed by atoms with Crippen LogP contribution in [-0.2, 0) is 0 Å². The zero-order chi connectivity index (χ0) is 11.5. The highest BCUT2D eigenvalue weighted by Gasteiger charge is 1.94. The maximum atomic E-state index is 4.42. The van der Waals surface area contributed by atoms with Crippen LogP contribution in [0.4, 0.5) is 0 Å². The van der Waals surface area contributed by atoms with Gasteiger partial charge in [0.25, 0.3) is 0 Å². The van der Waals surface area contributed by atoms with E-state index in [0.29, 0.717) is 0 Å². The Morgan fingerprint density at radius 2 is 1.62 bits per heavy atom. The van der Waals surface area contributed by atoms with E-state index in [0.717, 1.165) is 0 Å². The van der Waals surface area contributed by atoms with Crippen molar-refractivity contribution in [3.05, 3.63) is 46.8 Å². The summed E-state index contributed by atoms with van der Waals surface area (Å²) in [6, 6.07) is 12.9. The highest BCUT2D eigenvalue weighted by molar-refractivity contribution is 7.81. The Morgan fingerprint density at radius 1 is 1.06 bits per heavy atom. The van der Waals surface area contributed by atoms with Gasteiger partial charge in [-0.3, -0.25) is 0 Å². The summed E-state index contributed by atoms with van der Waals surface area (Å²) in [4.78, 5) is 0. The van der Waals surface area contributed by atoms with Gasteiger partial charge in [-0.15, -0.1) is 0 Å². The van der Waals surface area contributed by atoms with Crippen LogP contribution in [0.5, 0.6) is 0 Å². The molecule has 0 spiro atoms. The van der Waals surface area contributed by atoms with E-state index in [4.69, 9.17) is 0 Å². The van der Waals surface area contributed by atoms with Crippen LogP contribution in [-0.4, -0.2) is 5.25 Å². The minimum atomic E-state index is 0.278. The Hall–Kier alpha value is -1.21. The second-order valence-electron chi connectivity index (χ2n) is 4.02. The van der Waals surface area contributed by atoms with Crippen molar-refractivity contribution in [3.63, 3.8) is 0 Å². The van der Waals surface area contributed by atoms with Crippen molar-refractivity contribution in [1.82, 2.24) is 0 Å². The number of thiol groups is 1. The van der Waals surface area contributed by atoms with Crippen LogP contribution in [0, 0.1) is 0 Å². The van der Waals surface area contributed by atoms with Crippen molar-refractivity contribution in [3.8, 4) is 0 Å². The third-order valence-electron chi connectivity index (χ3n) is 2.68. The molecule has 1 heteroatoms. The van der Waals surface area contributed by atoms with E-state index < -0.39 is 0 Å². The molecule has 0 saturated heterocycles. The predicted octanol–water partition coefficient (Wildman–Crippen LogP) is 2.74. The Bertz CT molecular complexity index is 609. The first-order chi connectivity index (χ1) is 7.70. The molecule has 16 heavy (non-hydrogen) atoms. The lowest BCUT2D eigenvalue weighted by atomic mass is 10.1. The minimum absolute atomic E-state index is 0.278. The fraction of sp³-hybridized carbons (Fsp3) is 0.200. The first-order valence-corrected chi connectivity index (χ1v) is 6.07. The fourth-order valence-electron chi connectivity index (χ4n) is 1.93. The van der Waals surface area contributed by atoms with Crippen molar-refractivity contribution in [2.75, 3.05) is 0 Å². The van der Waals surface area contributed by atoms with E-state index in [1.165, 1.54) is 21.2 Å². The van der Waals surface area contributed by atoms with Crippen molar-refractivity contribution in [2.45, 2.75) is 19.1 Å². The van der Waals surface area contributed by atoms with Gasteiger partial charge in [-0.25, -0.2) is 0 Å². The molecule has 82 valence electrons. The van der Waals surface area contributed by atoms with Gasteiger partial charge in [-0.2, -0.15) is 12.6 Å². The highest BCUT2D eigenvalue weighted by Crippen LogP contribution is 2.08. The average Bonchev–Trinajstić information content (AvgIpc) is 2.27. The van der Waals surface area contributed by atoms with Gasteiger partial charge in [0.15, 0.2) is 0 Å². The second-order valence-corrected chi connectivity index (χ2v) is 4.84. The van der Waals surface area contributed by atoms with E-state index in [9.17, 15) is 0 Å². The lowest BCUT2D eigenvalue weighted by molar-refractivity contribution is 1.32. The van der Waals surface area contributed by atoms with Crippen LogP contribution < -0.4 is 10.4 Å². The molecule has 0 saturated carbocycles. The zero-order valence-electron chi connectivity index (χ0n) is 9.64. The van der Waals surface area contributed by atoms with Crippen LogP contribution in [0.3, 0.4) is 0 Å². The lowest BCUT2D eigenvalue weighted by Crippen LogP contribution is -2.24.